The first-order valence-corrected chi connectivity index (χ1v) is 5.53. The van der Waals surface area contributed by atoms with Crippen molar-refractivity contribution in [1.82, 2.24) is 15.4 Å². The van der Waals surface area contributed by atoms with Crippen LogP contribution in [0.15, 0.2) is 18.6 Å². The van der Waals surface area contributed by atoms with Crippen LogP contribution in [0.5, 0.6) is 0 Å². The van der Waals surface area contributed by atoms with Gasteiger partial charge in [0, 0.05) is 12.4 Å². The van der Waals surface area contributed by atoms with E-state index in [-0.39, 0.29) is 6.04 Å². The van der Waals surface area contributed by atoms with Gasteiger partial charge in [-0.3, -0.25) is 21.2 Å². The SMILES string of the molecule is CCC(CC)CC(NN)c1cnccn1. The van der Waals surface area contributed by atoms with E-state index in [4.69, 9.17) is 5.84 Å². The Labute approximate surface area is 91.3 Å². The summed E-state index contributed by atoms with van der Waals surface area (Å²) in [7, 11) is 0. The van der Waals surface area contributed by atoms with Crippen LogP contribution in [-0.4, -0.2) is 9.97 Å². The molecule has 1 heterocycles. The number of aromatic nitrogens is 2. The Morgan fingerprint density at radius 1 is 1.33 bits per heavy atom. The van der Waals surface area contributed by atoms with Crippen LogP contribution in [0.3, 0.4) is 0 Å². The first kappa shape index (κ1) is 12.1. The molecule has 3 N–H and O–H groups in total. The average molecular weight is 208 g/mol. The number of nitrogens with zero attached hydrogens (tertiary/aromatic N) is 2. The third-order valence-electron chi connectivity index (χ3n) is 2.87. The molecule has 0 amide bonds. The van der Waals surface area contributed by atoms with E-state index >= 15 is 0 Å². The van der Waals surface area contributed by atoms with Gasteiger partial charge in [0.25, 0.3) is 0 Å². The highest BCUT2D eigenvalue weighted by Gasteiger charge is 2.15. The van der Waals surface area contributed by atoms with Crippen LogP contribution in [0, 0.1) is 5.92 Å². The number of hydrogen-bond donors (Lipinski definition) is 2. The second-order valence-corrected chi connectivity index (χ2v) is 3.77. The zero-order valence-corrected chi connectivity index (χ0v) is 9.48. The number of hydrazine groups is 1. The lowest BCUT2D eigenvalue weighted by Crippen LogP contribution is -2.30. The molecule has 0 aliphatic carbocycles. The Morgan fingerprint density at radius 2 is 2.07 bits per heavy atom. The van der Waals surface area contributed by atoms with Gasteiger partial charge in [0.2, 0.25) is 0 Å². The minimum Gasteiger partial charge on any atom is -0.271 e. The highest BCUT2D eigenvalue weighted by Crippen LogP contribution is 2.22. The summed E-state index contributed by atoms with van der Waals surface area (Å²) in [5.41, 5.74) is 3.74. The van der Waals surface area contributed by atoms with Crippen LogP contribution in [0.2, 0.25) is 0 Å². The summed E-state index contributed by atoms with van der Waals surface area (Å²) in [4.78, 5) is 8.32. The predicted molar refractivity (Wildman–Crippen MR) is 60.8 cm³/mol. The summed E-state index contributed by atoms with van der Waals surface area (Å²) in [6.07, 6.45) is 8.51. The summed E-state index contributed by atoms with van der Waals surface area (Å²) >= 11 is 0. The molecule has 15 heavy (non-hydrogen) atoms. The van der Waals surface area contributed by atoms with Crippen molar-refractivity contribution in [3.8, 4) is 0 Å². The molecule has 4 nitrogen and oxygen atoms in total. The second kappa shape index (κ2) is 6.48. The Kier molecular flexibility index (Phi) is 5.21. The molecule has 1 atom stereocenters. The molecule has 1 unspecified atom stereocenters. The number of hydrogen-bond acceptors (Lipinski definition) is 4. The van der Waals surface area contributed by atoms with E-state index in [1.54, 1.807) is 18.6 Å². The van der Waals surface area contributed by atoms with Crippen molar-refractivity contribution >= 4 is 0 Å². The van der Waals surface area contributed by atoms with Crippen LogP contribution < -0.4 is 11.3 Å². The number of nitrogens with one attached hydrogen (secondary N) is 1. The molecule has 0 bridgehead atoms. The van der Waals surface area contributed by atoms with Gasteiger partial charge >= 0.3 is 0 Å². The number of rotatable bonds is 6. The van der Waals surface area contributed by atoms with E-state index in [9.17, 15) is 0 Å². The topological polar surface area (TPSA) is 63.8 Å². The first-order valence-electron chi connectivity index (χ1n) is 5.53. The number of nitrogens with two attached hydrogens (primary N) is 1. The van der Waals surface area contributed by atoms with Crippen LogP contribution in [0.25, 0.3) is 0 Å². The standard InChI is InChI=1S/C11H20N4/c1-3-9(4-2)7-10(15-12)11-8-13-5-6-14-11/h5-6,8-10,15H,3-4,7,12H2,1-2H3. The Hall–Kier alpha value is -1.00. The van der Waals surface area contributed by atoms with Crippen molar-refractivity contribution < 1.29 is 0 Å². The van der Waals surface area contributed by atoms with E-state index in [0.29, 0.717) is 5.92 Å². The maximum absolute atomic E-state index is 5.54. The molecule has 0 spiro atoms. The van der Waals surface area contributed by atoms with Gasteiger partial charge in [-0.05, 0) is 12.3 Å². The van der Waals surface area contributed by atoms with Gasteiger partial charge < -0.3 is 0 Å². The van der Waals surface area contributed by atoms with E-state index in [1.807, 2.05) is 0 Å². The van der Waals surface area contributed by atoms with Crippen LogP contribution in [0.4, 0.5) is 0 Å². The maximum Gasteiger partial charge on any atom is 0.0769 e. The molecule has 0 saturated carbocycles. The second-order valence-electron chi connectivity index (χ2n) is 3.77. The van der Waals surface area contributed by atoms with Crippen molar-refractivity contribution in [1.29, 1.82) is 0 Å². The molecule has 0 aliphatic heterocycles. The van der Waals surface area contributed by atoms with Gasteiger partial charge in [-0.25, -0.2) is 0 Å². The molecule has 0 fully saturated rings. The van der Waals surface area contributed by atoms with E-state index < -0.39 is 0 Å². The predicted octanol–water partition coefficient (Wildman–Crippen LogP) is 1.81. The largest absolute Gasteiger partial charge is 0.271 e. The third-order valence-corrected chi connectivity index (χ3v) is 2.87. The summed E-state index contributed by atoms with van der Waals surface area (Å²) in [6, 6.07) is 0.114. The smallest absolute Gasteiger partial charge is 0.0769 e. The zero-order chi connectivity index (χ0) is 11.1. The molecular formula is C11H20N4. The van der Waals surface area contributed by atoms with Gasteiger partial charge in [-0.15, -0.1) is 0 Å². The first-order chi connectivity index (χ1) is 7.31. The van der Waals surface area contributed by atoms with Crippen molar-refractivity contribution in [3.05, 3.63) is 24.3 Å². The summed E-state index contributed by atoms with van der Waals surface area (Å²) in [5, 5.41) is 0. The molecular weight excluding hydrogens is 188 g/mol. The molecule has 84 valence electrons. The average Bonchev–Trinajstić information content (AvgIpc) is 2.32. The molecule has 0 aromatic carbocycles. The fourth-order valence-corrected chi connectivity index (χ4v) is 1.72. The van der Waals surface area contributed by atoms with Crippen LogP contribution in [0.1, 0.15) is 44.8 Å². The molecule has 0 radical (unpaired) electrons. The van der Waals surface area contributed by atoms with Crippen molar-refractivity contribution in [3.63, 3.8) is 0 Å². The van der Waals surface area contributed by atoms with Crippen molar-refractivity contribution in [2.45, 2.75) is 39.2 Å². The summed E-state index contributed by atoms with van der Waals surface area (Å²) in [6.45, 7) is 4.41. The fourth-order valence-electron chi connectivity index (χ4n) is 1.72. The van der Waals surface area contributed by atoms with E-state index in [1.165, 1.54) is 12.8 Å². The molecule has 0 saturated heterocycles. The van der Waals surface area contributed by atoms with Gasteiger partial charge in [0.15, 0.2) is 0 Å². The quantitative estimate of drug-likeness (QED) is 0.553. The highest BCUT2D eigenvalue weighted by atomic mass is 15.2. The van der Waals surface area contributed by atoms with Crippen LogP contribution in [-0.2, 0) is 0 Å². The van der Waals surface area contributed by atoms with E-state index in [2.05, 4.69) is 29.2 Å². The highest BCUT2D eigenvalue weighted by molar-refractivity contribution is 5.01. The molecule has 4 heteroatoms. The van der Waals surface area contributed by atoms with Gasteiger partial charge in [-0.2, -0.15) is 0 Å². The van der Waals surface area contributed by atoms with Crippen molar-refractivity contribution in [2.24, 2.45) is 11.8 Å². The summed E-state index contributed by atoms with van der Waals surface area (Å²) < 4.78 is 0. The van der Waals surface area contributed by atoms with Crippen molar-refractivity contribution in [2.75, 3.05) is 0 Å². The minimum atomic E-state index is 0.114. The molecule has 1 aromatic rings. The zero-order valence-electron chi connectivity index (χ0n) is 9.48. The minimum absolute atomic E-state index is 0.114. The van der Waals surface area contributed by atoms with E-state index in [0.717, 1.165) is 12.1 Å². The van der Waals surface area contributed by atoms with Gasteiger partial charge in [-0.1, -0.05) is 26.7 Å². The maximum atomic E-state index is 5.54. The molecule has 0 aliphatic rings. The van der Waals surface area contributed by atoms with Gasteiger partial charge in [0.1, 0.15) is 0 Å². The van der Waals surface area contributed by atoms with Crippen LogP contribution >= 0.6 is 0 Å². The lowest BCUT2D eigenvalue weighted by atomic mass is 9.94. The molecule has 1 rings (SSSR count). The Balaban J connectivity index is 2.64. The monoisotopic (exact) mass is 208 g/mol. The lowest BCUT2D eigenvalue weighted by molar-refractivity contribution is 0.369. The normalized spacial score (nSPS) is 13.1. The van der Waals surface area contributed by atoms with Gasteiger partial charge in [0.05, 0.1) is 17.9 Å². The Morgan fingerprint density at radius 3 is 2.53 bits per heavy atom. The lowest BCUT2D eigenvalue weighted by Gasteiger charge is -2.20. The summed E-state index contributed by atoms with van der Waals surface area (Å²) in [5.74, 6) is 6.23. The third kappa shape index (κ3) is 3.57. The fraction of sp³-hybridized carbons (Fsp3) is 0.636. The molecule has 1 aromatic heterocycles. The Bertz CT molecular complexity index is 259.